The van der Waals surface area contributed by atoms with Gasteiger partial charge in [0.25, 0.3) is 0 Å². The van der Waals surface area contributed by atoms with E-state index in [0.29, 0.717) is 16.7 Å². The number of allylic oxidation sites excluding steroid dienone is 3. The molecule has 3 unspecified atom stereocenters. The number of rotatable bonds is 7. The Kier molecular flexibility index (Phi) is 7.59. The maximum atomic E-state index is 10.0. The van der Waals surface area contributed by atoms with Crippen molar-refractivity contribution in [2.45, 2.75) is 99.0 Å². The molecule has 2 aliphatic rings. The zero-order valence-corrected chi connectivity index (χ0v) is 18.9. The fourth-order valence-corrected chi connectivity index (χ4v) is 5.46. The van der Waals surface area contributed by atoms with Crippen LogP contribution in [0.5, 0.6) is 0 Å². The molecule has 2 rings (SSSR count). The molecule has 0 bridgehead atoms. The summed E-state index contributed by atoms with van der Waals surface area (Å²) < 4.78 is 0. The highest BCUT2D eigenvalue weighted by atomic mass is 16.3. The summed E-state index contributed by atoms with van der Waals surface area (Å²) in [5.41, 5.74) is 2.91. The molecule has 0 heterocycles. The first-order valence-corrected chi connectivity index (χ1v) is 11.3. The second-order valence-corrected chi connectivity index (χ2v) is 10.5. The minimum absolute atomic E-state index is 0.322. The van der Waals surface area contributed by atoms with Gasteiger partial charge in [0.1, 0.15) is 0 Å². The molecule has 0 spiro atoms. The van der Waals surface area contributed by atoms with Crippen LogP contribution in [0.2, 0.25) is 0 Å². The first-order chi connectivity index (χ1) is 12.6. The molecule has 2 saturated carbocycles. The van der Waals surface area contributed by atoms with Gasteiger partial charge in [-0.2, -0.15) is 0 Å². The van der Waals surface area contributed by atoms with Crippen LogP contribution in [-0.4, -0.2) is 11.2 Å². The second-order valence-electron chi connectivity index (χ2n) is 10.5. The van der Waals surface area contributed by atoms with Gasteiger partial charge in [0, 0.05) is 0 Å². The molecule has 1 N–H and O–H groups in total. The predicted octanol–water partition coefficient (Wildman–Crippen LogP) is 7.47. The van der Waals surface area contributed by atoms with E-state index >= 15 is 0 Å². The number of aliphatic hydroxyl groups excluding tert-OH is 1. The van der Waals surface area contributed by atoms with Crippen molar-refractivity contribution >= 4 is 0 Å². The molecule has 27 heavy (non-hydrogen) atoms. The first kappa shape index (κ1) is 22.5. The van der Waals surface area contributed by atoms with Crippen LogP contribution in [0.3, 0.4) is 0 Å². The van der Waals surface area contributed by atoms with Gasteiger partial charge in [0.05, 0.1) is 6.10 Å². The molecule has 2 aliphatic carbocycles. The maximum Gasteiger partial charge on any atom is 0.0787 e. The molecule has 154 valence electrons. The molecule has 0 aromatic carbocycles. The summed E-state index contributed by atoms with van der Waals surface area (Å²) in [5, 5.41) is 10.0. The normalized spacial score (nSPS) is 34.1. The van der Waals surface area contributed by atoms with Gasteiger partial charge in [-0.05, 0) is 71.8 Å². The third-order valence-corrected chi connectivity index (χ3v) is 8.26. The molecular formula is C26H44O. The van der Waals surface area contributed by atoms with Crippen molar-refractivity contribution in [3.05, 3.63) is 36.0 Å². The molecule has 0 saturated heterocycles. The molecule has 1 nitrogen and oxygen atoms in total. The van der Waals surface area contributed by atoms with Crippen molar-refractivity contribution in [2.24, 2.45) is 28.6 Å². The number of hydrogen-bond acceptors (Lipinski definition) is 1. The van der Waals surface area contributed by atoms with Crippen LogP contribution in [-0.2, 0) is 0 Å². The predicted molar refractivity (Wildman–Crippen MR) is 119 cm³/mol. The fourth-order valence-electron chi connectivity index (χ4n) is 5.46. The lowest BCUT2D eigenvalue weighted by atomic mass is 9.59. The van der Waals surface area contributed by atoms with Gasteiger partial charge in [-0.15, -0.1) is 0 Å². The summed E-state index contributed by atoms with van der Waals surface area (Å²) in [4.78, 5) is 0. The van der Waals surface area contributed by atoms with Gasteiger partial charge in [-0.3, -0.25) is 0 Å². The summed E-state index contributed by atoms with van der Waals surface area (Å²) in [7, 11) is 0. The van der Waals surface area contributed by atoms with E-state index in [2.05, 4.69) is 66.3 Å². The van der Waals surface area contributed by atoms with E-state index in [-0.39, 0.29) is 6.10 Å². The van der Waals surface area contributed by atoms with Crippen LogP contribution >= 0.6 is 0 Å². The lowest BCUT2D eigenvalue weighted by Crippen LogP contribution is -2.38. The lowest BCUT2D eigenvalue weighted by Gasteiger charge is -2.46. The van der Waals surface area contributed by atoms with E-state index in [4.69, 9.17) is 0 Å². The van der Waals surface area contributed by atoms with Gasteiger partial charge in [-0.25, -0.2) is 0 Å². The molecular weight excluding hydrogens is 328 g/mol. The standard InChI is InChI=1S/C26H44O/c1-19(2)11-8-12-20(3)26(7)18-17-23(25(26,5)6)15-9-13-22-14-10-16-24(27)21(22)4/h9,13,15,19-20,23-24,27H,4,8,10-12,14,16-18H2,1-3,5-7H3/b15-9+,22-13-/t20?,23?,24?,26-/m1/s1. The fraction of sp³-hybridized carbons (Fsp3) is 0.769. The van der Waals surface area contributed by atoms with E-state index < -0.39 is 0 Å². The van der Waals surface area contributed by atoms with Crippen LogP contribution in [0, 0.1) is 28.6 Å². The summed E-state index contributed by atoms with van der Waals surface area (Å²) in [6.07, 6.45) is 16.3. The van der Waals surface area contributed by atoms with E-state index in [1.165, 1.54) is 37.7 Å². The molecule has 0 aromatic heterocycles. The van der Waals surface area contributed by atoms with Gasteiger partial charge >= 0.3 is 0 Å². The summed E-state index contributed by atoms with van der Waals surface area (Å²) >= 11 is 0. The van der Waals surface area contributed by atoms with Crippen LogP contribution in [0.25, 0.3) is 0 Å². The lowest BCUT2D eigenvalue weighted by molar-refractivity contribution is 0.0397. The average Bonchev–Trinajstić information content (AvgIpc) is 2.82. The van der Waals surface area contributed by atoms with Crippen molar-refractivity contribution < 1.29 is 5.11 Å². The Hall–Kier alpha value is -0.820. The molecule has 0 radical (unpaired) electrons. The summed E-state index contributed by atoms with van der Waals surface area (Å²) in [6, 6.07) is 0. The SMILES string of the molecule is C=C1/C(=C\C=C\C2CC[C@](C)(C(C)CCCC(C)C)C2(C)C)CCCC1O. The number of aliphatic hydroxyl groups is 1. The Bertz CT molecular complexity index is 565. The molecule has 1 heteroatoms. The smallest absolute Gasteiger partial charge is 0.0787 e. The summed E-state index contributed by atoms with van der Waals surface area (Å²) in [5.74, 6) is 2.23. The Morgan fingerprint density at radius 2 is 1.85 bits per heavy atom. The van der Waals surface area contributed by atoms with E-state index in [9.17, 15) is 5.11 Å². The Labute approximate surface area is 169 Å². The third kappa shape index (κ3) is 4.97. The second kappa shape index (κ2) is 9.12. The van der Waals surface area contributed by atoms with Crippen molar-refractivity contribution in [3.63, 3.8) is 0 Å². The highest BCUT2D eigenvalue weighted by Crippen LogP contribution is 2.60. The Morgan fingerprint density at radius 3 is 2.52 bits per heavy atom. The molecule has 2 fully saturated rings. The molecule has 4 atom stereocenters. The first-order valence-electron chi connectivity index (χ1n) is 11.3. The van der Waals surface area contributed by atoms with Crippen molar-refractivity contribution in [3.8, 4) is 0 Å². The Balaban J connectivity index is 2.02. The van der Waals surface area contributed by atoms with Crippen LogP contribution in [0.4, 0.5) is 0 Å². The zero-order valence-electron chi connectivity index (χ0n) is 18.9. The minimum atomic E-state index is -0.337. The van der Waals surface area contributed by atoms with Gasteiger partial charge in [-0.1, -0.05) is 85.6 Å². The van der Waals surface area contributed by atoms with E-state index in [0.717, 1.165) is 36.7 Å². The zero-order chi connectivity index (χ0) is 20.2. The van der Waals surface area contributed by atoms with E-state index in [1.807, 2.05) is 0 Å². The largest absolute Gasteiger partial charge is 0.388 e. The highest BCUT2D eigenvalue weighted by molar-refractivity contribution is 5.36. The van der Waals surface area contributed by atoms with Crippen LogP contribution in [0.15, 0.2) is 36.0 Å². The number of hydrogen-bond donors (Lipinski definition) is 1. The third-order valence-electron chi connectivity index (χ3n) is 8.26. The molecule has 0 aromatic rings. The van der Waals surface area contributed by atoms with Crippen molar-refractivity contribution in [1.82, 2.24) is 0 Å². The van der Waals surface area contributed by atoms with Gasteiger partial charge in [0.2, 0.25) is 0 Å². The Morgan fingerprint density at radius 1 is 1.15 bits per heavy atom. The average molecular weight is 373 g/mol. The topological polar surface area (TPSA) is 20.2 Å². The van der Waals surface area contributed by atoms with E-state index in [1.54, 1.807) is 0 Å². The quantitative estimate of drug-likeness (QED) is 0.491. The van der Waals surface area contributed by atoms with Crippen molar-refractivity contribution in [1.29, 1.82) is 0 Å². The van der Waals surface area contributed by atoms with Crippen molar-refractivity contribution in [2.75, 3.05) is 0 Å². The molecule has 0 amide bonds. The summed E-state index contributed by atoms with van der Waals surface area (Å²) in [6.45, 7) is 18.8. The highest BCUT2D eigenvalue weighted by Gasteiger charge is 2.52. The van der Waals surface area contributed by atoms with Gasteiger partial charge in [0.15, 0.2) is 0 Å². The minimum Gasteiger partial charge on any atom is -0.388 e. The van der Waals surface area contributed by atoms with Crippen LogP contribution < -0.4 is 0 Å². The maximum absolute atomic E-state index is 10.0. The molecule has 0 aliphatic heterocycles. The van der Waals surface area contributed by atoms with Gasteiger partial charge < -0.3 is 5.11 Å². The van der Waals surface area contributed by atoms with Crippen LogP contribution in [0.1, 0.15) is 92.9 Å². The monoisotopic (exact) mass is 372 g/mol.